The van der Waals surface area contributed by atoms with E-state index in [4.69, 9.17) is 9.47 Å². The molecule has 1 aromatic heterocycles. The van der Waals surface area contributed by atoms with Gasteiger partial charge in [-0.05, 0) is 49.1 Å². The van der Waals surface area contributed by atoms with E-state index < -0.39 is 12.1 Å². The Morgan fingerprint density at radius 3 is 2.57 bits per heavy atom. The molecular formula is C23H27N3O4. The van der Waals surface area contributed by atoms with E-state index in [1.54, 1.807) is 19.1 Å². The Balaban J connectivity index is 0.00000106. The molecule has 1 atom stereocenters. The smallest absolute Gasteiger partial charge is 0.329 e. The van der Waals surface area contributed by atoms with Gasteiger partial charge in [-0.25, -0.2) is 14.7 Å². The molecule has 1 saturated heterocycles. The molecule has 0 radical (unpaired) electrons. The number of aromatic nitrogens is 1. The SMILES string of the molecule is CC.C[C@@H]1NC(=O)N(c2ccc(Oc3ccc4c(c3)C3(CCCC3)OC4)nc2)C1=O. The van der Waals surface area contributed by atoms with E-state index in [2.05, 4.69) is 22.4 Å². The predicted octanol–water partition coefficient (Wildman–Crippen LogP) is 4.64. The zero-order valence-corrected chi connectivity index (χ0v) is 17.6. The molecule has 1 saturated carbocycles. The fourth-order valence-corrected chi connectivity index (χ4v) is 4.36. The minimum atomic E-state index is -0.528. The van der Waals surface area contributed by atoms with Crippen molar-refractivity contribution < 1.29 is 19.1 Å². The molecule has 3 heterocycles. The molecule has 1 N–H and O–H groups in total. The van der Waals surface area contributed by atoms with Gasteiger partial charge in [-0.2, -0.15) is 0 Å². The van der Waals surface area contributed by atoms with Crippen LogP contribution in [0.25, 0.3) is 0 Å². The Morgan fingerprint density at radius 1 is 1.17 bits per heavy atom. The van der Waals surface area contributed by atoms with E-state index >= 15 is 0 Å². The number of nitrogens with one attached hydrogen (secondary N) is 1. The van der Waals surface area contributed by atoms with Crippen LogP contribution in [0.2, 0.25) is 0 Å². The molecule has 2 aromatic rings. The summed E-state index contributed by atoms with van der Waals surface area (Å²) < 4.78 is 12.1. The molecule has 3 amide bonds. The lowest BCUT2D eigenvalue weighted by molar-refractivity contribution is -0.117. The lowest BCUT2D eigenvalue weighted by atomic mass is 9.91. The number of ether oxygens (including phenoxy) is 2. The maximum absolute atomic E-state index is 12.1. The van der Waals surface area contributed by atoms with Crippen molar-refractivity contribution in [1.82, 2.24) is 10.3 Å². The lowest BCUT2D eigenvalue weighted by Crippen LogP contribution is -2.30. The molecule has 1 aromatic carbocycles. The normalized spacial score (nSPS) is 21.3. The van der Waals surface area contributed by atoms with E-state index in [0.717, 1.165) is 17.7 Å². The Hall–Kier alpha value is -2.93. The zero-order valence-electron chi connectivity index (χ0n) is 17.6. The van der Waals surface area contributed by atoms with Crippen LogP contribution in [0.5, 0.6) is 11.6 Å². The van der Waals surface area contributed by atoms with E-state index in [9.17, 15) is 9.59 Å². The van der Waals surface area contributed by atoms with Crippen molar-refractivity contribution in [3.63, 3.8) is 0 Å². The van der Waals surface area contributed by atoms with Crippen molar-refractivity contribution in [3.05, 3.63) is 47.7 Å². The van der Waals surface area contributed by atoms with Gasteiger partial charge in [0.05, 0.1) is 24.1 Å². The van der Waals surface area contributed by atoms with Crippen LogP contribution in [-0.4, -0.2) is 23.0 Å². The summed E-state index contributed by atoms with van der Waals surface area (Å²) >= 11 is 0. The van der Waals surface area contributed by atoms with Crippen LogP contribution in [0, 0.1) is 0 Å². The fraction of sp³-hybridized carbons (Fsp3) is 0.435. The maximum Gasteiger partial charge on any atom is 0.329 e. The number of benzene rings is 1. The minimum absolute atomic E-state index is 0.147. The summed E-state index contributed by atoms with van der Waals surface area (Å²) in [6, 6.07) is 8.39. The molecule has 1 spiro atoms. The molecule has 0 unspecified atom stereocenters. The lowest BCUT2D eigenvalue weighted by Gasteiger charge is -2.23. The van der Waals surface area contributed by atoms with Gasteiger partial charge in [-0.3, -0.25) is 4.79 Å². The molecule has 158 valence electrons. The number of imide groups is 1. The summed E-state index contributed by atoms with van der Waals surface area (Å²) in [4.78, 5) is 29.4. The summed E-state index contributed by atoms with van der Waals surface area (Å²) in [5.41, 5.74) is 2.73. The van der Waals surface area contributed by atoms with Crippen LogP contribution in [0.15, 0.2) is 36.5 Å². The quantitative estimate of drug-likeness (QED) is 0.747. The number of urea groups is 1. The van der Waals surface area contributed by atoms with Crippen molar-refractivity contribution in [1.29, 1.82) is 0 Å². The second-order valence-electron chi connectivity index (χ2n) is 7.61. The molecule has 1 aliphatic carbocycles. The first-order valence-corrected chi connectivity index (χ1v) is 10.6. The van der Waals surface area contributed by atoms with Crippen LogP contribution >= 0.6 is 0 Å². The minimum Gasteiger partial charge on any atom is -0.439 e. The van der Waals surface area contributed by atoms with E-state index in [-0.39, 0.29) is 11.5 Å². The van der Waals surface area contributed by atoms with E-state index in [1.165, 1.54) is 30.2 Å². The number of pyridine rings is 1. The van der Waals surface area contributed by atoms with Crippen molar-refractivity contribution >= 4 is 17.6 Å². The van der Waals surface area contributed by atoms with Crippen LogP contribution < -0.4 is 15.0 Å². The van der Waals surface area contributed by atoms with Gasteiger partial charge in [0.1, 0.15) is 11.8 Å². The highest BCUT2D eigenvalue weighted by Crippen LogP contribution is 2.49. The second kappa shape index (κ2) is 8.07. The first-order valence-electron chi connectivity index (χ1n) is 10.6. The van der Waals surface area contributed by atoms with Crippen LogP contribution in [0.1, 0.15) is 57.6 Å². The molecule has 30 heavy (non-hydrogen) atoms. The number of fused-ring (bicyclic) bond motifs is 2. The third-order valence-corrected chi connectivity index (χ3v) is 5.82. The summed E-state index contributed by atoms with van der Waals surface area (Å²) in [7, 11) is 0. The molecular weight excluding hydrogens is 382 g/mol. The van der Waals surface area contributed by atoms with Crippen LogP contribution in [0.4, 0.5) is 10.5 Å². The second-order valence-corrected chi connectivity index (χ2v) is 7.61. The van der Waals surface area contributed by atoms with Crippen molar-refractivity contribution in [2.45, 2.75) is 64.7 Å². The number of rotatable bonds is 3. The third-order valence-electron chi connectivity index (χ3n) is 5.82. The van der Waals surface area contributed by atoms with E-state index in [0.29, 0.717) is 23.9 Å². The Morgan fingerprint density at radius 2 is 1.93 bits per heavy atom. The first kappa shape index (κ1) is 20.3. The van der Waals surface area contributed by atoms with Crippen molar-refractivity contribution in [3.8, 4) is 11.6 Å². The number of hydrogen-bond acceptors (Lipinski definition) is 5. The number of amides is 3. The summed E-state index contributed by atoms with van der Waals surface area (Å²) in [5, 5.41) is 2.58. The van der Waals surface area contributed by atoms with Gasteiger partial charge in [0, 0.05) is 6.07 Å². The largest absolute Gasteiger partial charge is 0.439 e. The number of nitrogens with zero attached hydrogens (tertiary/aromatic N) is 2. The molecule has 5 rings (SSSR count). The predicted molar refractivity (Wildman–Crippen MR) is 113 cm³/mol. The molecule has 3 aliphatic rings. The average Bonchev–Trinajstić information content (AvgIpc) is 3.45. The standard InChI is InChI=1S/C21H21N3O4.C2H6/c1-13-19(25)24(20(26)23-13)15-5-7-18(22-11-15)28-16-6-4-14-12-27-21(17(14)10-16)8-2-3-9-21;1-2/h4-7,10-11,13H,2-3,8-9,12H2,1H3,(H,23,26);1-2H3/t13-;/m0./s1. The van der Waals surface area contributed by atoms with Gasteiger partial charge in [-0.15, -0.1) is 0 Å². The highest BCUT2D eigenvalue weighted by atomic mass is 16.5. The maximum atomic E-state index is 12.1. The molecule has 0 bridgehead atoms. The fourth-order valence-electron chi connectivity index (χ4n) is 4.36. The molecule has 2 fully saturated rings. The Labute approximate surface area is 176 Å². The van der Waals surface area contributed by atoms with Gasteiger partial charge in [0.15, 0.2) is 0 Å². The Kier molecular flexibility index (Phi) is 5.47. The Bertz CT molecular complexity index is 951. The number of carbonyl (C=O) groups excluding carboxylic acids is 2. The van der Waals surface area contributed by atoms with Gasteiger partial charge < -0.3 is 14.8 Å². The van der Waals surface area contributed by atoms with Gasteiger partial charge in [0.25, 0.3) is 5.91 Å². The van der Waals surface area contributed by atoms with Crippen LogP contribution in [0.3, 0.4) is 0 Å². The van der Waals surface area contributed by atoms with Gasteiger partial charge >= 0.3 is 6.03 Å². The summed E-state index contributed by atoms with van der Waals surface area (Å²) in [6.45, 7) is 6.31. The third kappa shape index (κ3) is 3.43. The van der Waals surface area contributed by atoms with Crippen molar-refractivity contribution in [2.24, 2.45) is 0 Å². The average molecular weight is 409 g/mol. The number of anilines is 1. The highest BCUT2D eigenvalue weighted by molar-refractivity contribution is 6.21. The first-order chi connectivity index (χ1) is 14.6. The van der Waals surface area contributed by atoms with Gasteiger partial charge in [0.2, 0.25) is 5.88 Å². The molecule has 7 nitrogen and oxygen atoms in total. The van der Waals surface area contributed by atoms with E-state index in [1.807, 2.05) is 19.9 Å². The molecule has 2 aliphatic heterocycles. The number of hydrogen-bond donors (Lipinski definition) is 1. The van der Waals surface area contributed by atoms with Gasteiger partial charge in [-0.1, -0.05) is 32.8 Å². The molecule has 7 heteroatoms. The van der Waals surface area contributed by atoms with Crippen LogP contribution in [-0.2, 0) is 21.7 Å². The monoisotopic (exact) mass is 409 g/mol. The summed E-state index contributed by atoms with van der Waals surface area (Å²) in [6.07, 6.45) is 5.96. The van der Waals surface area contributed by atoms with Crippen molar-refractivity contribution in [2.75, 3.05) is 4.90 Å². The number of carbonyl (C=O) groups is 2. The highest BCUT2D eigenvalue weighted by Gasteiger charge is 2.42. The zero-order chi connectivity index (χ0) is 21.3. The topological polar surface area (TPSA) is 80.8 Å². The summed E-state index contributed by atoms with van der Waals surface area (Å²) in [5.74, 6) is 0.823.